The van der Waals surface area contributed by atoms with Crippen LogP contribution in [0.4, 0.5) is 11.4 Å². The number of nitrogens with one attached hydrogen (secondary N) is 1. The first-order chi connectivity index (χ1) is 8.16. The molecule has 1 aromatic carbocycles. The Balaban J connectivity index is 2.00. The second-order valence-corrected chi connectivity index (χ2v) is 4.99. The van der Waals surface area contributed by atoms with E-state index in [0.29, 0.717) is 0 Å². The van der Waals surface area contributed by atoms with Crippen molar-refractivity contribution >= 4 is 30.6 Å². The van der Waals surface area contributed by atoms with Crippen LogP contribution >= 0.6 is 0 Å². The van der Waals surface area contributed by atoms with Crippen LogP contribution in [0.5, 0.6) is 0 Å². The predicted molar refractivity (Wildman–Crippen MR) is 70.0 cm³/mol. The first-order valence-electron chi connectivity index (χ1n) is 6.13. The zero-order valence-corrected chi connectivity index (χ0v) is 9.94. The summed E-state index contributed by atoms with van der Waals surface area (Å²) >= 11 is 0. The number of anilines is 2. The Bertz CT molecular complexity index is 470. The minimum absolute atomic E-state index is 0.208. The van der Waals surface area contributed by atoms with Gasteiger partial charge in [-0.1, -0.05) is 11.5 Å². The van der Waals surface area contributed by atoms with Gasteiger partial charge in [-0.25, -0.2) is 0 Å². The number of hydrogen-bond acceptors (Lipinski definition) is 2. The molecule has 2 aliphatic rings. The van der Waals surface area contributed by atoms with E-state index in [1.165, 1.54) is 0 Å². The van der Waals surface area contributed by atoms with Crippen molar-refractivity contribution in [3.05, 3.63) is 18.2 Å². The van der Waals surface area contributed by atoms with E-state index in [4.69, 9.17) is 7.85 Å². The first kappa shape index (κ1) is 10.7. The highest BCUT2D eigenvalue weighted by Crippen LogP contribution is 2.37. The molecule has 0 bridgehead atoms. The molecule has 1 aliphatic carbocycles. The molecule has 2 radical (unpaired) electrons. The van der Waals surface area contributed by atoms with Crippen molar-refractivity contribution in [2.45, 2.75) is 25.8 Å². The molecule has 3 nitrogen and oxygen atoms in total. The Morgan fingerprint density at radius 3 is 2.94 bits per heavy atom. The molecular formula is C13H15BN2O. The van der Waals surface area contributed by atoms with E-state index in [-0.39, 0.29) is 17.9 Å². The molecule has 0 spiro atoms. The standard InChI is InChI=1S/C13H15BN2O/c1-8-7-15-11-6-10(14)4-5-12(11)16(8)13(17)9-2-3-9/h4-6,8-9,15H,2-3,7H2,1H3. The minimum Gasteiger partial charge on any atom is -0.381 e. The van der Waals surface area contributed by atoms with Crippen LogP contribution in [-0.2, 0) is 4.79 Å². The summed E-state index contributed by atoms with van der Waals surface area (Å²) in [6, 6.07) is 5.90. The van der Waals surface area contributed by atoms with Crippen LogP contribution in [0.25, 0.3) is 0 Å². The maximum absolute atomic E-state index is 12.3. The van der Waals surface area contributed by atoms with Crippen molar-refractivity contribution in [1.82, 2.24) is 0 Å². The molecular weight excluding hydrogens is 211 g/mol. The smallest absolute Gasteiger partial charge is 0.230 e. The van der Waals surface area contributed by atoms with Crippen LogP contribution in [0.15, 0.2) is 18.2 Å². The van der Waals surface area contributed by atoms with Gasteiger partial charge in [-0.3, -0.25) is 4.79 Å². The molecule has 86 valence electrons. The summed E-state index contributed by atoms with van der Waals surface area (Å²) in [7, 11) is 5.77. The van der Waals surface area contributed by atoms with Crippen LogP contribution in [0.2, 0.25) is 0 Å². The third kappa shape index (κ3) is 1.81. The number of benzene rings is 1. The summed E-state index contributed by atoms with van der Waals surface area (Å²) in [5.41, 5.74) is 2.66. The lowest BCUT2D eigenvalue weighted by Gasteiger charge is -2.36. The molecule has 1 atom stereocenters. The van der Waals surface area contributed by atoms with E-state index in [1.54, 1.807) is 0 Å². The highest BCUT2D eigenvalue weighted by atomic mass is 16.2. The average molecular weight is 226 g/mol. The molecule has 1 aromatic rings. The molecule has 0 saturated heterocycles. The Morgan fingerprint density at radius 2 is 2.24 bits per heavy atom. The van der Waals surface area contributed by atoms with E-state index in [9.17, 15) is 4.79 Å². The van der Waals surface area contributed by atoms with E-state index in [2.05, 4.69) is 12.2 Å². The van der Waals surface area contributed by atoms with Gasteiger partial charge in [-0.15, -0.1) is 0 Å². The highest BCUT2D eigenvalue weighted by molar-refractivity contribution is 6.32. The van der Waals surface area contributed by atoms with Gasteiger partial charge >= 0.3 is 0 Å². The summed E-state index contributed by atoms with van der Waals surface area (Å²) in [6.45, 7) is 2.86. The fraction of sp³-hybridized carbons (Fsp3) is 0.462. The molecule has 1 unspecified atom stereocenters. The van der Waals surface area contributed by atoms with Crippen molar-refractivity contribution in [3.8, 4) is 0 Å². The molecule has 4 heteroatoms. The van der Waals surface area contributed by atoms with Crippen LogP contribution in [0, 0.1) is 5.92 Å². The lowest BCUT2D eigenvalue weighted by molar-refractivity contribution is -0.120. The molecule has 1 amide bonds. The number of carbonyl (C=O) groups is 1. The maximum atomic E-state index is 12.3. The number of nitrogens with zero attached hydrogens (tertiary/aromatic N) is 1. The van der Waals surface area contributed by atoms with Gasteiger partial charge in [0.05, 0.1) is 17.4 Å². The van der Waals surface area contributed by atoms with Crippen molar-refractivity contribution in [1.29, 1.82) is 0 Å². The van der Waals surface area contributed by atoms with Crippen LogP contribution in [0.1, 0.15) is 19.8 Å². The van der Waals surface area contributed by atoms with Crippen molar-refractivity contribution in [3.63, 3.8) is 0 Å². The zero-order valence-electron chi connectivity index (χ0n) is 9.94. The summed E-state index contributed by atoms with van der Waals surface area (Å²) in [5.74, 6) is 0.519. The zero-order chi connectivity index (χ0) is 12.0. The van der Waals surface area contributed by atoms with Gasteiger partial charge in [0.15, 0.2) is 0 Å². The third-order valence-electron chi connectivity index (χ3n) is 3.47. The number of carbonyl (C=O) groups excluding carboxylic acids is 1. The predicted octanol–water partition coefficient (Wildman–Crippen LogP) is 1.04. The second kappa shape index (κ2) is 3.79. The van der Waals surface area contributed by atoms with Gasteiger partial charge < -0.3 is 10.2 Å². The lowest BCUT2D eigenvalue weighted by Crippen LogP contribution is -2.46. The number of amides is 1. The number of hydrogen-bond donors (Lipinski definition) is 1. The van der Waals surface area contributed by atoms with Crippen molar-refractivity contribution in [2.24, 2.45) is 5.92 Å². The molecule has 17 heavy (non-hydrogen) atoms. The molecule has 1 aliphatic heterocycles. The fourth-order valence-corrected chi connectivity index (χ4v) is 2.35. The van der Waals surface area contributed by atoms with Gasteiger partial charge in [0.1, 0.15) is 7.85 Å². The number of fused-ring (bicyclic) bond motifs is 1. The summed E-state index contributed by atoms with van der Waals surface area (Å²) in [6.07, 6.45) is 2.08. The fourth-order valence-electron chi connectivity index (χ4n) is 2.35. The molecule has 1 N–H and O–H groups in total. The van der Waals surface area contributed by atoms with Crippen molar-refractivity contribution in [2.75, 3.05) is 16.8 Å². The minimum atomic E-state index is 0.208. The first-order valence-corrected chi connectivity index (χ1v) is 6.13. The van der Waals surface area contributed by atoms with Gasteiger partial charge in [-0.05, 0) is 31.9 Å². The van der Waals surface area contributed by atoms with Gasteiger partial charge in [0, 0.05) is 12.5 Å². The van der Waals surface area contributed by atoms with Crippen molar-refractivity contribution < 1.29 is 4.79 Å². The second-order valence-electron chi connectivity index (χ2n) is 4.99. The largest absolute Gasteiger partial charge is 0.381 e. The third-order valence-corrected chi connectivity index (χ3v) is 3.47. The number of rotatable bonds is 1. The molecule has 1 heterocycles. The molecule has 0 aromatic heterocycles. The molecule has 3 rings (SSSR count). The average Bonchev–Trinajstić information content (AvgIpc) is 3.12. The van der Waals surface area contributed by atoms with Crippen LogP contribution < -0.4 is 15.7 Å². The van der Waals surface area contributed by atoms with E-state index < -0.39 is 0 Å². The summed E-state index contributed by atoms with van der Waals surface area (Å²) < 4.78 is 0. The van der Waals surface area contributed by atoms with Gasteiger partial charge in [0.25, 0.3) is 0 Å². The van der Waals surface area contributed by atoms with E-state index in [1.807, 2.05) is 23.1 Å². The Hall–Kier alpha value is -1.45. The normalized spacial score (nSPS) is 22.9. The highest BCUT2D eigenvalue weighted by Gasteiger charge is 2.37. The van der Waals surface area contributed by atoms with E-state index >= 15 is 0 Å². The van der Waals surface area contributed by atoms with Gasteiger partial charge in [-0.2, -0.15) is 0 Å². The Morgan fingerprint density at radius 1 is 1.47 bits per heavy atom. The molecule has 1 saturated carbocycles. The van der Waals surface area contributed by atoms with Crippen LogP contribution in [0.3, 0.4) is 0 Å². The molecule has 1 fully saturated rings. The lowest BCUT2D eigenvalue weighted by atomic mass is 9.94. The quantitative estimate of drug-likeness (QED) is 0.725. The van der Waals surface area contributed by atoms with Crippen LogP contribution in [-0.4, -0.2) is 26.3 Å². The topological polar surface area (TPSA) is 32.3 Å². The Labute approximate surface area is 103 Å². The SMILES string of the molecule is [B]c1ccc2c(c1)NCC(C)N2C(=O)C1CC1. The van der Waals surface area contributed by atoms with E-state index in [0.717, 1.165) is 36.2 Å². The monoisotopic (exact) mass is 226 g/mol. The summed E-state index contributed by atoms with van der Waals surface area (Å²) in [4.78, 5) is 14.2. The Kier molecular flexibility index (Phi) is 2.39. The summed E-state index contributed by atoms with van der Waals surface area (Å²) in [5, 5.41) is 3.32. The van der Waals surface area contributed by atoms with Gasteiger partial charge in [0.2, 0.25) is 5.91 Å². The maximum Gasteiger partial charge on any atom is 0.230 e.